The van der Waals surface area contributed by atoms with Crippen molar-refractivity contribution >= 4 is 17.2 Å². The van der Waals surface area contributed by atoms with Crippen LogP contribution in [0.15, 0.2) is 36.7 Å². The molecule has 0 unspecified atom stereocenters. The first-order valence-electron chi connectivity index (χ1n) is 8.81. The molecule has 26 heavy (non-hydrogen) atoms. The Bertz CT molecular complexity index is 932. The maximum absolute atomic E-state index is 6.31. The van der Waals surface area contributed by atoms with Crippen molar-refractivity contribution in [3.8, 4) is 22.8 Å². The van der Waals surface area contributed by atoms with Gasteiger partial charge in [-0.05, 0) is 55.6 Å². The molecule has 0 atom stereocenters. The first-order valence-corrected chi connectivity index (χ1v) is 9.18. The van der Waals surface area contributed by atoms with Gasteiger partial charge in [0.1, 0.15) is 17.1 Å². The van der Waals surface area contributed by atoms with E-state index in [0.717, 1.165) is 30.0 Å². The highest BCUT2D eigenvalue weighted by Gasteiger charge is 2.18. The SMILES string of the molecule is COc1cc(OC)c(-c2cn3ccc(C4CCNCC4)cc3n2)cc1Cl. The number of aromatic nitrogens is 2. The molecule has 3 aromatic rings. The monoisotopic (exact) mass is 371 g/mol. The van der Waals surface area contributed by atoms with Crippen molar-refractivity contribution in [3.63, 3.8) is 0 Å². The zero-order valence-corrected chi connectivity index (χ0v) is 15.7. The molecule has 1 fully saturated rings. The topological polar surface area (TPSA) is 47.8 Å². The van der Waals surface area contributed by atoms with Crippen LogP contribution in [0, 0.1) is 0 Å². The molecule has 3 heterocycles. The van der Waals surface area contributed by atoms with E-state index in [9.17, 15) is 0 Å². The number of rotatable bonds is 4. The fraction of sp³-hybridized carbons (Fsp3) is 0.350. The summed E-state index contributed by atoms with van der Waals surface area (Å²) in [6.07, 6.45) is 6.43. The molecule has 0 spiro atoms. The van der Waals surface area contributed by atoms with Gasteiger partial charge in [-0.1, -0.05) is 11.6 Å². The van der Waals surface area contributed by atoms with Crippen LogP contribution in [0.25, 0.3) is 16.9 Å². The Morgan fingerprint density at radius 2 is 1.88 bits per heavy atom. The fourth-order valence-corrected chi connectivity index (χ4v) is 3.84. The van der Waals surface area contributed by atoms with E-state index in [4.69, 9.17) is 26.1 Å². The second-order valence-corrected chi connectivity index (χ2v) is 6.97. The van der Waals surface area contributed by atoms with Gasteiger partial charge in [0.05, 0.1) is 24.9 Å². The second-order valence-electron chi connectivity index (χ2n) is 6.56. The summed E-state index contributed by atoms with van der Waals surface area (Å²) < 4.78 is 12.8. The lowest BCUT2D eigenvalue weighted by atomic mass is 9.91. The van der Waals surface area contributed by atoms with Crippen LogP contribution in [0.1, 0.15) is 24.3 Å². The van der Waals surface area contributed by atoms with Gasteiger partial charge in [-0.3, -0.25) is 0 Å². The maximum atomic E-state index is 6.31. The van der Waals surface area contributed by atoms with Crippen molar-refractivity contribution < 1.29 is 9.47 Å². The average molecular weight is 372 g/mol. The molecule has 0 saturated carbocycles. The molecular formula is C20H22ClN3O2. The van der Waals surface area contributed by atoms with Crippen LogP contribution in [0.4, 0.5) is 0 Å². The molecule has 0 aliphatic carbocycles. The minimum atomic E-state index is 0.538. The van der Waals surface area contributed by atoms with Crippen LogP contribution in [0.3, 0.4) is 0 Å². The van der Waals surface area contributed by atoms with Gasteiger partial charge >= 0.3 is 0 Å². The smallest absolute Gasteiger partial charge is 0.141 e. The number of nitrogens with one attached hydrogen (secondary N) is 1. The predicted molar refractivity (Wildman–Crippen MR) is 104 cm³/mol. The summed E-state index contributed by atoms with van der Waals surface area (Å²) in [4.78, 5) is 4.81. The van der Waals surface area contributed by atoms with Crippen LogP contribution in [-0.4, -0.2) is 36.7 Å². The molecule has 6 heteroatoms. The molecule has 0 amide bonds. The van der Waals surface area contributed by atoms with Gasteiger partial charge in [-0.15, -0.1) is 0 Å². The average Bonchev–Trinajstić information content (AvgIpc) is 3.11. The number of nitrogens with zero attached hydrogens (tertiary/aromatic N) is 2. The fourth-order valence-electron chi connectivity index (χ4n) is 3.60. The Morgan fingerprint density at radius 3 is 2.62 bits per heavy atom. The van der Waals surface area contributed by atoms with Crippen LogP contribution < -0.4 is 14.8 Å². The lowest BCUT2D eigenvalue weighted by Gasteiger charge is -2.22. The lowest BCUT2D eigenvalue weighted by molar-refractivity contribution is 0.395. The number of hydrogen-bond donors (Lipinski definition) is 1. The number of piperidine rings is 1. The Balaban J connectivity index is 1.74. The third-order valence-electron chi connectivity index (χ3n) is 5.04. The number of hydrogen-bond acceptors (Lipinski definition) is 4. The van der Waals surface area contributed by atoms with E-state index in [2.05, 4.69) is 23.6 Å². The summed E-state index contributed by atoms with van der Waals surface area (Å²) in [6.45, 7) is 2.16. The standard InChI is InChI=1S/C20H22ClN3O2/c1-25-18-11-19(26-2)16(21)10-15(18)17-12-24-8-5-14(9-20(24)23-17)13-3-6-22-7-4-13/h5,8-13,22H,3-4,6-7H2,1-2H3. The third kappa shape index (κ3) is 3.13. The van der Waals surface area contributed by atoms with Gasteiger partial charge in [0, 0.05) is 24.0 Å². The minimum absolute atomic E-state index is 0.538. The lowest BCUT2D eigenvalue weighted by Crippen LogP contribution is -2.26. The predicted octanol–water partition coefficient (Wildman–Crippen LogP) is 4.14. The Kier molecular flexibility index (Phi) is 4.74. The highest BCUT2D eigenvalue weighted by atomic mass is 35.5. The molecule has 1 saturated heterocycles. The quantitative estimate of drug-likeness (QED) is 0.748. The zero-order valence-electron chi connectivity index (χ0n) is 15.0. The van der Waals surface area contributed by atoms with Crippen molar-refractivity contribution in [3.05, 3.63) is 47.2 Å². The van der Waals surface area contributed by atoms with Crippen LogP contribution in [-0.2, 0) is 0 Å². The van der Waals surface area contributed by atoms with E-state index in [1.165, 1.54) is 18.4 Å². The number of halogens is 1. The molecule has 0 radical (unpaired) electrons. The summed E-state index contributed by atoms with van der Waals surface area (Å²) in [5.41, 5.74) is 3.97. The van der Waals surface area contributed by atoms with Crippen molar-refractivity contribution in [1.82, 2.24) is 14.7 Å². The number of methoxy groups -OCH3 is 2. The summed E-state index contributed by atoms with van der Waals surface area (Å²) >= 11 is 6.31. The van der Waals surface area contributed by atoms with Crippen molar-refractivity contribution in [2.75, 3.05) is 27.3 Å². The van der Waals surface area contributed by atoms with E-state index in [0.29, 0.717) is 22.4 Å². The van der Waals surface area contributed by atoms with Gasteiger partial charge < -0.3 is 19.2 Å². The molecule has 2 aromatic heterocycles. The zero-order chi connectivity index (χ0) is 18.1. The molecule has 136 valence electrons. The largest absolute Gasteiger partial charge is 0.496 e. The summed E-state index contributed by atoms with van der Waals surface area (Å²) in [7, 11) is 3.23. The van der Waals surface area contributed by atoms with Gasteiger partial charge in [0.15, 0.2) is 0 Å². The van der Waals surface area contributed by atoms with E-state index in [1.54, 1.807) is 20.3 Å². The minimum Gasteiger partial charge on any atom is -0.496 e. The van der Waals surface area contributed by atoms with Gasteiger partial charge in [-0.2, -0.15) is 0 Å². The molecule has 0 bridgehead atoms. The molecule has 1 N–H and O–H groups in total. The molecule has 1 aliphatic rings. The van der Waals surface area contributed by atoms with Crippen LogP contribution in [0.5, 0.6) is 11.5 Å². The van der Waals surface area contributed by atoms with Gasteiger partial charge in [-0.25, -0.2) is 4.98 Å². The molecular weight excluding hydrogens is 350 g/mol. The highest BCUT2D eigenvalue weighted by molar-refractivity contribution is 6.32. The van der Waals surface area contributed by atoms with E-state index < -0.39 is 0 Å². The Labute approximate surface area is 157 Å². The highest BCUT2D eigenvalue weighted by Crippen LogP contribution is 2.38. The van der Waals surface area contributed by atoms with Crippen molar-refractivity contribution in [2.24, 2.45) is 0 Å². The summed E-state index contributed by atoms with van der Waals surface area (Å²) in [5, 5.41) is 3.95. The third-order valence-corrected chi connectivity index (χ3v) is 5.34. The van der Waals surface area contributed by atoms with Gasteiger partial charge in [0.25, 0.3) is 0 Å². The van der Waals surface area contributed by atoms with Crippen molar-refractivity contribution in [2.45, 2.75) is 18.8 Å². The molecule has 5 nitrogen and oxygen atoms in total. The van der Waals surface area contributed by atoms with E-state index in [1.807, 2.05) is 16.7 Å². The number of pyridine rings is 1. The number of fused-ring (bicyclic) bond motifs is 1. The van der Waals surface area contributed by atoms with E-state index >= 15 is 0 Å². The van der Waals surface area contributed by atoms with Crippen LogP contribution >= 0.6 is 11.6 Å². The van der Waals surface area contributed by atoms with Gasteiger partial charge in [0.2, 0.25) is 0 Å². The molecule has 4 rings (SSSR count). The first kappa shape index (κ1) is 17.2. The van der Waals surface area contributed by atoms with Crippen LogP contribution in [0.2, 0.25) is 5.02 Å². The number of imidazole rings is 1. The Morgan fingerprint density at radius 1 is 1.12 bits per heavy atom. The first-order chi connectivity index (χ1) is 12.7. The maximum Gasteiger partial charge on any atom is 0.141 e. The number of benzene rings is 1. The Hall–Kier alpha value is -2.24. The van der Waals surface area contributed by atoms with E-state index in [-0.39, 0.29) is 0 Å². The normalized spacial score (nSPS) is 15.3. The summed E-state index contributed by atoms with van der Waals surface area (Å²) in [5.74, 6) is 1.88. The summed E-state index contributed by atoms with van der Waals surface area (Å²) in [6, 6.07) is 8.03. The number of ether oxygens (including phenoxy) is 2. The second kappa shape index (κ2) is 7.17. The molecule has 1 aromatic carbocycles. The van der Waals surface area contributed by atoms with Crippen molar-refractivity contribution in [1.29, 1.82) is 0 Å². The molecule has 1 aliphatic heterocycles.